The Labute approximate surface area is 92.6 Å². The number of hydrogen-bond donors (Lipinski definition) is 2. The van der Waals surface area contributed by atoms with Crippen molar-refractivity contribution >= 4 is 0 Å². The molecule has 0 aromatic rings. The zero-order valence-corrected chi connectivity index (χ0v) is 9.91. The maximum Gasteiger partial charge on any atom is 0.0899 e. The largest absolute Gasteiger partial charge is 0.389 e. The van der Waals surface area contributed by atoms with Crippen molar-refractivity contribution in [1.82, 2.24) is 10.2 Å². The van der Waals surface area contributed by atoms with Crippen molar-refractivity contribution in [3.8, 4) is 0 Å². The molecule has 4 heteroatoms. The molecule has 0 bridgehead atoms. The summed E-state index contributed by atoms with van der Waals surface area (Å²) in [7, 11) is 3.68. The van der Waals surface area contributed by atoms with Crippen molar-refractivity contribution in [3.63, 3.8) is 0 Å². The highest BCUT2D eigenvalue weighted by molar-refractivity contribution is 4.72. The Hall–Kier alpha value is -0.160. The fourth-order valence-corrected chi connectivity index (χ4v) is 2.20. The van der Waals surface area contributed by atoms with E-state index in [0.717, 1.165) is 25.6 Å². The number of hydrogen-bond acceptors (Lipinski definition) is 4. The van der Waals surface area contributed by atoms with Gasteiger partial charge in [0.25, 0.3) is 0 Å². The van der Waals surface area contributed by atoms with E-state index in [9.17, 15) is 5.11 Å². The number of aliphatic hydroxyl groups excluding tert-OH is 1. The number of nitrogens with zero attached hydrogens (tertiary/aromatic N) is 1. The average Bonchev–Trinajstić information content (AvgIpc) is 2.19. The van der Waals surface area contributed by atoms with Crippen LogP contribution in [0.25, 0.3) is 0 Å². The molecule has 0 spiro atoms. The van der Waals surface area contributed by atoms with Gasteiger partial charge in [-0.3, -0.25) is 0 Å². The topological polar surface area (TPSA) is 44.7 Å². The van der Waals surface area contributed by atoms with Gasteiger partial charge in [-0.05, 0) is 38.9 Å². The average molecular weight is 216 g/mol. The van der Waals surface area contributed by atoms with Gasteiger partial charge in [0.05, 0.1) is 12.7 Å². The number of likely N-dealkylation sites (N-methyl/N-ethyl adjacent to an activating group) is 1. The van der Waals surface area contributed by atoms with Crippen molar-refractivity contribution in [1.29, 1.82) is 0 Å². The van der Waals surface area contributed by atoms with Gasteiger partial charge in [0.2, 0.25) is 0 Å². The molecule has 0 aromatic carbocycles. The summed E-state index contributed by atoms with van der Waals surface area (Å²) in [4.78, 5) is 2.20. The quantitative estimate of drug-likeness (QED) is 0.652. The van der Waals surface area contributed by atoms with Gasteiger partial charge in [-0.25, -0.2) is 0 Å². The third-order valence-electron chi connectivity index (χ3n) is 2.85. The highest BCUT2D eigenvalue weighted by Gasteiger charge is 2.16. The van der Waals surface area contributed by atoms with Gasteiger partial charge in [0.15, 0.2) is 0 Å². The first-order chi connectivity index (χ1) is 7.22. The first-order valence-electron chi connectivity index (χ1n) is 5.78. The molecule has 1 rings (SSSR count). The van der Waals surface area contributed by atoms with E-state index in [1.54, 1.807) is 7.11 Å². The smallest absolute Gasteiger partial charge is 0.0899 e. The summed E-state index contributed by atoms with van der Waals surface area (Å²) in [6.07, 6.45) is 2.22. The van der Waals surface area contributed by atoms with Crippen molar-refractivity contribution < 1.29 is 9.84 Å². The zero-order chi connectivity index (χ0) is 11.1. The van der Waals surface area contributed by atoms with Crippen molar-refractivity contribution in [3.05, 3.63) is 0 Å². The lowest BCUT2D eigenvalue weighted by Gasteiger charge is -2.28. The number of rotatable bonds is 6. The Bertz CT molecular complexity index is 161. The molecule has 90 valence electrons. The Morgan fingerprint density at radius 3 is 3.00 bits per heavy atom. The van der Waals surface area contributed by atoms with Gasteiger partial charge in [-0.1, -0.05) is 0 Å². The minimum atomic E-state index is -0.364. The van der Waals surface area contributed by atoms with Gasteiger partial charge >= 0.3 is 0 Å². The second-order valence-corrected chi connectivity index (χ2v) is 4.54. The predicted molar refractivity (Wildman–Crippen MR) is 61.0 cm³/mol. The molecule has 1 aliphatic heterocycles. The minimum Gasteiger partial charge on any atom is -0.389 e. The van der Waals surface area contributed by atoms with Crippen molar-refractivity contribution in [2.45, 2.75) is 18.9 Å². The SMILES string of the molecule is COCC(O)CN(C)CC1CCCNC1. The van der Waals surface area contributed by atoms with Crippen LogP contribution in [0.15, 0.2) is 0 Å². The molecule has 0 saturated carbocycles. The summed E-state index contributed by atoms with van der Waals surface area (Å²) in [6.45, 7) is 4.46. The number of piperidine rings is 1. The molecule has 1 saturated heterocycles. The number of nitrogens with one attached hydrogen (secondary N) is 1. The fraction of sp³-hybridized carbons (Fsp3) is 1.00. The monoisotopic (exact) mass is 216 g/mol. The van der Waals surface area contributed by atoms with Crippen molar-refractivity contribution in [2.24, 2.45) is 5.92 Å². The maximum absolute atomic E-state index is 9.57. The van der Waals surface area contributed by atoms with Crippen LogP contribution in [-0.2, 0) is 4.74 Å². The first-order valence-corrected chi connectivity index (χ1v) is 5.78. The Morgan fingerprint density at radius 1 is 1.60 bits per heavy atom. The van der Waals surface area contributed by atoms with E-state index in [4.69, 9.17) is 4.74 Å². The molecular weight excluding hydrogens is 192 g/mol. The highest BCUT2D eigenvalue weighted by Crippen LogP contribution is 2.10. The molecule has 15 heavy (non-hydrogen) atoms. The summed E-state index contributed by atoms with van der Waals surface area (Å²) in [5, 5.41) is 13.0. The van der Waals surface area contributed by atoms with E-state index in [-0.39, 0.29) is 6.10 Å². The van der Waals surface area contributed by atoms with Gasteiger partial charge < -0.3 is 20.1 Å². The summed E-state index contributed by atoms with van der Waals surface area (Å²) in [6, 6.07) is 0. The van der Waals surface area contributed by atoms with Crippen LogP contribution in [0, 0.1) is 5.92 Å². The molecule has 0 aromatic heterocycles. The lowest BCUT2D eigenvalue weighted by atomic mass is 9.99. The number of methoxy groups -OCH3 is 1. The minimum absolute atomic E-state index is 0.364. The molecule has 2 unspecified atom stereocenters. The van der Waals surface area contributed by atoms with E-state index < -0.39 is 0 Å². The molecule has 0 radical (unpaired) electrons. The summed E-state index contributed by atoms with van der Waals surface area (Å²) in [5.41, 5.74) is 0. The van der Waals surface area contributed by atoms with Crippen LogP contribution in [0.3, 0.4) is 0 Å². The Morgan fingerprint density at radius 2 is 2.40 bits per heavy atom. The highest BCUT2D eigenvalue weighted by atomic mass is 16.5. The van der Waals surface area contributed by atoms with E-state index >= 15 is 0 Å². The summed E-state index contributed by atoms with van der Waals surface area (Å²) in [5.74, 6) is 0.735. The second kappa shape index (κ2) is 7.17. The number of ether oxygens (including phenoxy) is 1. The Kier molecular flexibility index (Phi) is 6.17. The van der Waals surface area contributed by atoms with E-state index in [1.165, 1.54) is 12.8 Å². The first kappa shape index (κ1) is 12.9. The molecule has 2 atom stereocenters. The molecule has 1 aliphatic rings. The van der Waals surface area contributed by atoms with E-state index in [0.29, 0.717) is 13.2 Å². The van der Waals surface area contributed by atoms with Crippen LogP contribution in [0.2, 0.25) is 0 Å². The predicted octanol–water partition coefficient (Wildman–Crippen LogP) is -0.0749. The summed E-state index contributed by atoms with van der Waals surface area (Å²) < 4.78 is 4.91. The van der Waals surface area contributed by atoms with E-state index in [2.05, 4.69) is 17.3 Å². The van der Waals surface area contributed by atoms with Crippen LogP contribution in [0.1, 0.15) is 12.8 Å². The lowest BCUT2D eigenvalue weighted by molar-refractivity contribution is 0.0395. The van der Waals surface area contributed by atoms with Crippen LogP contribution in [0.4, 0.5) is 0 Å². The third kappa shape index (κ3) is 5.47. The number of aliphatic hydroxyl groups is 1. The zero-order valence-electron chi connectivity index (χ0n) is 9.91. The third-order valence-corrected chi connectivity index (χ3v) is 2.85. The van der Waals surface area contributed by atoms with Crippen LogP contribution in [-0.4, -0.2) is 63.1 Å². The van der Waals surface area contributed by atoms with Gasteiger partial charge in [0, 0.05) is 20.2 Å². The molecular formula is C11H24N2O2. The second-order valence-electron chi connectivity index (χ2n) is 4.54. The Balaban J connectivity index is 2.13. The molecule has 4 nitrogen and oxygen atoms in total. The molecule has 2 N–H and O–H groups in total. The van der Waals surface area contributed by atoms with Gasteiger partial charge in [-0.2, -0.15) is 0 Å². The molecule has 1 heterocycles. The van der Waals surface area contributed by atoms with Crippen LogP contribution < -0.4 is 5.32 Å². The molecule has 0 amide bonds. The van der Waals surface area contributed by atoms with E-state index in [1.807, 2.05) is 0 Å². The molecule has 0 aliphatic carbocycles. The van der Waals surface area contributed by atoms with Crippen LogP contribution >= 0.6 is 0 Å². The summed E-state index contributed by atoms with van der Waals surface area (Å²) >= 11 is 0. The fourth-order valence-electron chi connectivity index (χ4n) is 2.20. The maximum atomic E-state index is 9.57. The van der Waals surface area contributed by atoms with Crippen LogP contribution in [0.5, 0.6) is 0 Å². The van der Waals surface area contributed by atoms with Gasteiger partial charge in [0.1, 0.15) is 0 Å². The van der Waals surface area contributed by atoms with Gasteiger partial charge in [-0.15, -0.1) is 0 Å². The van der Waals surface area contributed by atoms with Crippen molar-refractivity contribution in [2.75, 3.05) is 46.9 Å². The lowest BCUT2D eigenvalue weighted by Crippen LogP contribution is -2.40. The standard InChI is InChI=1S/C11H24N2O2/c1-13(8-11(14)9-15-2)7-10-4-3-5-12-6-10/h10-12,14H,3-9H2,1-2H3. The normalized spacial score (nSPS) is 24.4. The molecule has 1 fully saturated rings.